The van der Waals surface area contributed by atoms with Crippen molar-refractivity contribution in [3.05, 3.63) is 0 Å². The van der Waals surface area contributed by atoms with E-state index in [4.69, 9.17) is 9.16 Å². The summed E-state index contributed by atoms with van der Waals surface area (Å²) in [5.41, 5.74) is -0.0178. The normalized spacial score (nSPS) is 13.1. The highest BCUT2D eigenvalue weighted by atomic mass is 28.2. The number of methoxy groups -OCH3 is 1. The smallest absolute Gasteiger partial charge is 0.146 e. The summed E-state index contributed by atoms with van der Waals surface area (Å²) in [6, 6.07) is 0. The van der Waals surface area contributed by atoms with Gasteiger partial charge >= 0.3 is 0 Å². The Labute approximate surface area is 213 Å². The van der Waals surface area contributed by atoms with Crippen molar-refractivity contribution in [1.82, 2.24) is 0 Å². The second kappa shape index (κ2) is 25.2. The van der Waals surface area contributed by atoms with E-state index in [9.17, 15) is 0 Å². The first-order valence-corrected chi connectivity index (χ1v) is 16.1. The molecule has 0 aliphatic carbocycles. The largest absolute Gasteiger partial charge is 0.420 e. The highest BCUT2D eigenvalue weighted by Crippen LogP contribution is 2.34. The molecule has 0 heterocycles. The van der Waals surface area contributed by atoms with Gasteiger partial charge in [-0.15, -0.1) is 0 Å². The monoisotopic (exact) mass is 484 g/mol. The van der Waals surface area contributed by atoms with Gasteiger partial charge in [0.2, 0.25) is 0 Å². The van der Waals surface area contributed by atoms with E-state index in [1.54, 1.807) is 0 Å². The van der Waals surface area contributed by atoms with Crippen LogP contribution in [0.5, 0.6) is 0 Å². The van der Waals surface area contributed by atoms with E-state index in [2.05, 4.69) is 20.8 Å². The fourth-order valence-corrected chi connectivity index (χ4v) is 6.10. The molecule has 3 heteroatoms. The first-order valence-electron chi connectivity index (χ1n) is 15.3. The molecular formula is C30H64O2Si. The zero-order chi connectivity index (χ0) is 24.5. The van der Waals surface area contributed by atoms with Gasteiger partial charge in [0.25, 0.3) is 0 Å². The van der Waals surface area contributed by atoms with Crippen LogP contribution in [0.4, 0.5) is 0 Å². The summed E-state index contributed by atoms with van der Waals surface area (Å²) < 4.78 is 12.7. The molecule has 0 rings (SSSR count). The van der Waals surface area contributed by atoms with Gasteiger partial charge in [0, 0.05) is 7.11 Å². The fourth-order valence-electron chi connectivity index (χ4n) is 5.43. The van der Waals surface area contributed by atoms with Gasteiger partial charge in [-0.05, 0) is 19.3 Å². The molecule has 1 atom stereocenters. The van der Waals surface area contributed by atoms with Crippen molar-refractivity contribution < 1.29 is 9.16 Å². The minimum atomic E-state index is -0.0178. The van der Waals surface area contributed by atoms with Gasteiger partial charge in [0.05, 0.1) is 11.7 Å². The molecule has 0 aromatic heterocycles. The third-order valence-electron chi connectivity index (χ3n) is 7.75. The first-order chi connectivity index (χ1) is 16.2. The zero-order valence-electron chi connectivity index (χ0n) is 23.9. The molecule has 0 aromatic carbocycles. The van der Waals surface area contributed by atoms with Gasteiger partial charge in [-0.3, -0.25) is 0 Å². The maximum atomic E-state index is 6.51. The molecule has 0 fully saturated rings. The molecule has 0 spiro atoms. The second-order valence-corrected chi connectivity index (χ2v) is 11.1. The lowest BCUT2D eigenvalue weighted by Gasteiger charge is -2.40. The number of hydrogen-bond donors (Lipinski definition) is 0. The third kappa shape index (κ3) is 18.1. The van der Waals surface area contributed by atoms with Gasteiger partial charge in [-0.2, -0.15) is 0 Å². The molecule has 0 saturated heterocycles. The Morgan fingerprint density at radius 2 is 0.848 bits per heavy atom. The Balaban J connectivity index is 4.63. The number of ether oxygens (including phenoxy) is 1. The highest BCUT2D eigenvalue weighted by molar-refractivity contribution is 5.98. The predicted octanol–water partition coefficient (Wildman–Crippen LogP) is 9.46. The maximum Gasteiger partial charge on any atom is 0.146 e. The Morgan fingerprint density at radius 1 is 0.515 bits per heavy atom. The lowest BCUT2D eigenvalue weighted by molar-refractivity contribution is -0.0887. The Bertz CT molecular complexity index is 356. The van der Waals surface area contributed by atoms with Crippen molar-refractivity contribution in [3.8, 4) is 0 Å². The van der Waals surface area contributed by atoms with Crippen LogP contribution >= 0.6 is 0 Å². The van der Waals surface area contributed by atoms with E-state index in [0.29, 0.717) is 0 Å². The molecule has 0 saturated carbocycles. The molecule has 1 unspecified atom stereocenters. The zero-order valence-corrected chi connectivity index (χ0v) is 25.9. The van der Waals surface area contributed by atoms with Crippen molar-refractivity contribution in [2.24, 2.45) is 0 Å². The lowest BCUT2D eigenvalue weighted by atomic mass is 9.82. The summed E-state index contributed by atoms with van der Waals surface area (Å²) in [4.78, 5) is 0. The summed E-state index contributed by atoms with van der Waals surface area (Å²) in [6.45, 7) is 6.90. The average Bonchev–Trinajstić information content (AvgIpc) is 2.83. The molecule has 0 N–H and O–H groups in total. The third-order valence-corrected chi connectivity index (χ3v) is 8.57. The highest BCUT2D eigenvalue weighted by Gasteiger charge is 2.37. The minimum absolute atomic E-state index is 0.0178. The van der Waals surface area contributed by atoms with Gasteiger partial charge in [-0.1, -0.05) is 156 Å². The Hall–Kier alpha value is 0.137. The first kappa shape index (κ1) is 33.1. The van der Waals surface area contributed by atoms with E-state index < -0.39 is 0 Å². The second-order valence-electron chi connectivity index (χ2n) is 10.6. The molecule has 0 amide bonds. The summed E-state index contributed by atoms with van der Waals surface area (Å²) in [5.74, 6) is 0. The molecule has 33 heavy (non-hydrogen) atoms. The van der Waals surface area contributed by atoms with Crippen LogP contribution in [-0.4, -0.2) is 29.3 Å². The SMILES string of the molecule is CCCCCCCCCC(OC)C(CCCCCCCCC)(CCCCCCCCC)O[SiH3]. The van der Waals surface area contributed by atoms with Crippen LogP contribution in [0.1, 0.15) is 175 Å². The van der Waals surface area contributed by atoms with Gasteiger partial charge < -0.3 is 9.16 Å². The van der Waals surface area contributed by atoms with E-state index in [1.165, 1.54) is 154 Å². The van der Waals surface area contributed by atoms with Gasteiger partial charge in [-0.25, -0.2) is 0 Å². The topological polar surface area (TPSA) is 18.5 Å². The molecule has 0 bridgehead atoms. The summed E-state index contributed by atoms with van der Waals surface area (Å²) in [7, 11) is 2.76. The minimum Gasteiger partial charge on any atom is -0.420 e. The van der Waals surface area contributed by atoms with E-state index in [0.717, 1.165) is 10.5 Å². The van der Waals surface area contributed by atoms with Crippen LogP contribution in [0.3, 0.4) is 0 Å². The van der Waals surface area contributed by atoms with Crippen molar-refractivity contribution in [2.45, 2.75) is 187 Å². The van der Waals surface area contributed by atoms with E-state index in [1.807, 2.05) is 7.11 Å². The summed E-state index contributed by atoms with van der Waals surface area (Å²) >= 11 is 0. The molecule has 0 aromatic rings. The van der Waals surface area contributed by atoms with Crippen LogP contribution < -0.4 is 0 Å². The van der Waals surface area contributed by atoms with E-state index >= 15 is 0 Å². The van der Waals surface area contributed by atoms with Crippen LogP contribution in [0.25, 0.3) is 0 Å². The predicted molar refractivity (Wildman–Crippen MR) is 152 cm³/mol. The fraction of sp³-hybridized carbons (Fsp3) is 1.00. The number of unbranched alkanes of at least 4 members (excludes halogenated alkanes) is 18. The quantitative estimate of drug-likeness (QED) is 0.0853. The average molecular weight is 485 g/mol. The van der Waals surface area contributed by atoms with Crippen LogP contribution in [0.2, 0.25) is 0 Å². The van der Waals surface area contributed by atoms with Gasteiger partial charge in [0.1, 0.15) is 10.5 Å². The van der Waals surface area contributed by atoms with Crippen LogP contribution in [0, 0.1) is 0 Å². The number of hydrogen-bond acceptors (Lipinski definition) is 2. The molecule has 0 radical (unpaired) electrons. The molecular weight excluding hydrogens is 420 g/mol. The van der Waals surface area contributed by atoms with E-state index in [-0.39, 0.29) is 11.7 Å². The van der Waals surface area contributed by atoms with Crippen LogP contribution in [0.15, 0.2) is 0 Å². The number of rotatable bonds is 27. The molecule has 0 aliphatic rings. The summed E-state index contributed by atoms with van der Waals surface area (Å²) in [5, 5.41) is 0. The maximum absolute atomic E-state index is 6.51. The standard InChI is InChI=1S/C30H64O2Si/c1-5-8-11-14-17-20-23-26-29(31-4)30(32-33,27-24-21-18-15-12-9-6-2)28-25-22-19-16-13-10-7-3/h29H,5-28H2,1-4,33H3. The van der Waals surface area contributed by atoms with Crippen molar-refractivity contribution in [1.29, 1.82) is 0 Å². The Kier molecular flexibility index (Phi) is 25.3. The lowest BCUT2D eigenvalue weighted by Crippen LogP contribution is -2.46. The van der Waals surface area contributed by atoms with Crippen LogP contribution in [-0.2, 0) is 9.16 Å². The van der Waals surface area contributed by atoms with Gasteiger partial charge in [0.15, 0.2) is 0 Å². The molecule has 2 nitrogen and oxygen atoms in total. The summed E-state index contributed by atoms with van der Waals surface area (Å²) in [6.07, 6.45) is 32.7. The van der Waals surface area contributed by atoms with Crippen molar-refractivity contribution >= 4 is 10.5 Å². The Morgan fingerprint density at radius 3 is 1.18 bits per heavy atom. The molecule has 200 valence electrons. The molecule has 0 aliphatic heterocycles. The van der Waals surface area contributed by atoms with Crippen molar-refractivity contribution in [2.75, 3.05) is 7.11 Å². The van der Waals surface area contributed by atoms with Crippen molar-refractivity contribution in [3.63, 3.8) is 0 Å².